The maximum Gasteiger partial charge on any atom is 0.261 e. The number of carbonyl (C=O) groups excluding carboxylic acids is 1. The fourth-order valence-electron chi connectivity index (χ4n) is 2.77. The van der Waals surface area contributed by atoms with E-state index in [-0.39, 0.29) is 10.8 Å². The van der Waals surface area contributed by atoms with Gasteiger partial charge in [0.1, 0.15) is 0 Å². The topological polar surface area (TPSA) is 88.2 Å². The van der Waals surface area contributed by atoms with E-state index in [0.717, 1.165) is 10.3 Å². The molecule has 4 aromatic rings. The van der Waals surface area contributed by atoms with Gasteiger partial charge in [0.15, 0.2) is 5.13 Å². The van der Waals surface area contributed by atoms with E-state index in [1.54, 1.807) is 42.5 Å². The Bertz CT molecular complexity index is 1350. The van der Waals surface area contributed by atoms with Crippen LogP contribution in [0.3, 0.4) is 0 Å². The highest BCUT2D eigenvalue weighted by molar-refractivity contribution is 7.92. The van der Waals surface area contributed by atoms with E-state index < -0.39 is 10.0 Å². The molecule has 30 heavy (non-hydrogen) atoms. The number of aryl methyl sites for hydroxylation is 1. The van der Waals surface area contributed by atoms with E-state index in [9.17, 15) is 13.2 Å². The van der Waals surface area contributed by atoms with Crippen molar-refractivity contribution < 1.29 is 13.2 Å². The number of nitrogens with one attached hydrogen (secondary N) is 2. The Morgan fingerprint density at radius 3 is 2.53 bits per heavy atom. The van der Waals surface area contributed by atoms with E-state index in [1.807, 2.05) is 19.1 Å². The number of rotatable bonds is 5. The number of thiazole rings is 1. The Labute approximate surface area is 182 Å². The number of fused-ring (bicyclic) bond motifs is 1. The van der Waals surface area contributed by atoms with Crippen LogP contribution >= 0.6 is 22.9 Å². The first-order valence-corrected chi connectivity index (χ1v) is 11.5. The average Bonchev–Trinajstić information content (AvgIpc) is 3.09. The van der Waals surface area contributed by atoms with Crippen LogP contribution in [0, 0.1) is 6.92 Å². The van der Waals surface area contributed by atoms with Gasteiger partial charge in [-0.2, -0.15) is 0 Å². The average molecular weight is 458 g/mol. The molecule has 0 aliphatic rings. The number of nitrogens with zero attached hydrogens (tertiary/aromatic N) is 1. The maximum atomic E-state index is 12.6. The molecule has 4 rings (SSSR count). The summed E-state index contributed by atoms with van der Waals surface area (Å²) in [5, 5.41) is 3.55. The van der Waals surface area contributed by atoms with Gasteiger partial charge in [0.25, 0.3) is 15.9 Å². The molecule has 0 radical (unpaired) electrons. The van der Waals surface area contributed by atoms with Crippen LogP contribution in [0.5, 0.6) is 0 Å². The van der Waals surface area contributed by atoms with Crippen molar-refractivity contribution in [3.8, 4) is 0 Å². The molecule has 0 spiro atoms. The minimum absolute atomic E-state index is 0.0689. The normalized spacial score (nSPS) is 11.4. The lowest BCUT2D eigenvalue weighted by Crippen LogP contribution is -2.12. The third-order valence-corrected chi connectivity index (χ3v) is 6.85. The molecule has 0 saturated carbocycles. The van der Waals surface area contributed by atoms with Gasteiger partial charge in [0, 0.05) is 10.6 Å². The predicted octanol–water partition coefficient (Wildman–Crippen LogP) is 5.31. The number of benzene rings is 3. The first kappa shape index (κ1) is 20.3. The van der Waals surface area contributed by atoms with Crippen LogP contribution < -0.4 is 10.0 Å². The fourth-order valence-corrected chi connectivity index (χ4v) is 4.96. The Morgan fingerprint density at radius 2 is 1.80 bits per heavy atom. The lowest BCUT2D eigenvalue weighted by molar-refractivity contribution is 0.102. The summed E-state index contributed by atoms with van der Waals surface area (Å²) in [6.07, 6.45) is 0. The van der Waals surface area contributed by atoms with Gasteiger partial charge in [0.2, 0.25) is 0 Å². The molecular formula is C21H16ClN3O3S2. The molecule has 0 aliphatic heterocycles. The van der Waals surface area contributed by atoms with Gasteiger partial charge in [0.05, 0.1) is 20.8 Å². The zero-order valence-corrected chi connectivity index (χ0v) is 18.1. The number of hydrogen-bond acceptors (Lipinski definition) is 5. The lowest BCUT2D eigenvalue weighted by Gasteiger charge is -2.08. The molecule has 1 amide bonds. The molecule has 0 atom stereocenters. The Kier molecular flexibility index (Phi) is 5.46. The number of carbonyl (C=O) groups is 1. The molecule has 152 valence electrons. The maximum absolute atomic E-state index is 12.6. The van der Waals surface area contributed by atoms with Crippen LogP contribution in [0.15, 0.2) is 71.6 Å². The van der Waals surface area contributed by atoms with Crippen molar-refractivity contribution in [1.82, 2.24) is 4.98 Å². The third-order valence-electron chi connectivity index (χ3n) is 4.28. The zero-order chi connectivity index (χ0) is 21.3. The van der Waals surface area contributed by atoms with Crippen molar-refractivity contribution in [2.75, 3.05) is 10.0 Å². The molecule has 0 saturated heterocycles. The van der Waals surface area contributed by atoms with Crippen LogP contribution in [0.1, 0.15) is 15.9 Å². The van der Waals surface area contributed by atoms with Gasteiger partial charge in [-0.25, -0.2) is 13.4 Å². The van der Waals surface area contributed by atoms with Gasteiger partial charge in [-0.15, -0.1) is 0 Å². The van der Waals surface area contributed by atoms with Crippen LogP contribution in [0.25, 0.3) is 10.2 Å². The van der Waals surface area contributed by atoms with E-state index in [2.05, 4.69) is 15.0 Å². The minimum Gasteiger partial charge on any atom is -0.298 e. The minimum atomic E-state index is -3.78. The second kappa shape index (κ2) is 8.06. The summed E-state index contributed by atoms with van der Waals surface area (Å²) in [6.45, 7) is 1.95. The summed E-state index contributed by atoms with van der Waals surface area (Å²) < 4.78 is 28.5. The summed E-state index contributed by atoms with van der Waals surface area (Å²) in [5.41, 5.74) is 2.55. The number of aromatic nitrogens is 1. The SMILES string of the molecule is Cc1ccc(C(=O)Nc2nc3cc(NS(=O)(=O)c4cccc(Cl)c4)ccc3s2)cc1. The van der Waals surface area contributed by atoms with Crippen LogP contribution in [0.2, 0.25) is 5.02 Å². The molecular weight excluding hydrogens is 442 g/mol. The Balaban J connectivity index is 1.55. The zero-order valence-electron chi connectivity index (χ0n) is 15.7. The third kappa shape index (κ3) is 4.46. The number of hydrogen-bond donors (Lipinski definition) is 2. The number of amides is 1. The molecule has 1 heterocycles. The van der Waals surface area contributed by atoms with Gasteiger partial charge in [-0.3, -0.25) is 14.8 Å². The van der Waals surface area contributed by atoms with Crippen LogP contribution in [-0.2, 0) is 10.0 Å². The molecule has 3 aromatic carbocycles. The van der Waals surface area contributed by atoms with Crippen molar-refractivity contribution in [2.45, 2.75) is 11.8 Å². The smallest absolute Gasteiger partial charge is 0.261 e. The van der Waals surface area contributed by atoms with Crippen LogP contribution in [-0.4, -0.2) is 19.3 Å². The van der Waals surface area contributed by atoms with Gasteiger partial charge >= 0.3 is 0 Å². The molecule has 2 N–H and O–H groups in total. The van der Waals surface area contributed by atoms with Gasteiger partial charge in [-0.05, 0) is 55.5 Å². The lowest BCUT2D eigenvalue weighted by atomic mass is 10.1. The summed E-state index contributed by atoms with van der Waals surface area (Å²) in [5.74, 6) is -0.254. The summed E-state index contributed by atoms with van der Waals surface area (Å²) in [6, 6.07) is 18.3. The fraction of sp³-hybridized carbons (Fsp3) is 0.0476. The quantitative estimate of drug-likeness (QED) is 0.425. The van der Waals surface area contributed by atoms with E-state index in [1.165, 1.54) is 23.5 Å². The Hall–Kier alpha value is -2.94. The number of halogens is 1. The van der Waals surface area contributed by atoms with Crippen molar-refractivity contribution in [1.29, 1.82) is 0 Å². The van der Waals surface area contributed by atoms with E-state index in [4.69, 9.17) is 11.6 Å². The molecule has 0 bridgehead atoms. The van der Waals surface area contributed by atoms with Gasteiger partial charge < -0.3 is 0 Å². The van der Waals surface area contributed by atoms with Crippen molar-refractivity contribution in [2.24, 2.45) is 0 Å². The molecule has 0 aliphatic carbocycles. The Morgan fingerprint density at radius 1 is 1.03 bits per heavy atom. The van der Waals surface area contributed by atoms with Crippen molar-refractivity contribution in [3.63, 3.8) is 0 Å². The summed E-state index contributed by atoms with van der Waals surface area (Å²) in [7, 11) is -3.78. The molecule has 9 heteroatoms. The summed E-state index contributed by atoms with van der Waals surface area (Å²) >= 11 is 7.20. The largest absolute Gasteiger partial charge is 0.298 e. The molecule has 6 nitrogen and oxygen atoms in total. The first-order chi connectivity index (χ1) is 14.3. The van der Waals surface area contributed by atoms with E-state index >= 15 is 0 Å². The van der Waals surface area contributed by atoms with E-state index in [0.29, 0.717) is 26.9 Å². The molecule has 0 fully saturated rings. The standard InChI is InChI=1S/C21H16ClN3O3S2/c1-13-5-7-14(8-6-13)20(26)24-21-23-18-12-16(9-10-19(18)29-21)25-30(27,28)17-4-2-3-15(22)11-17/h2-12,25H,1H3,(H,23,24,26). The predicted molar refractivity (Wildman–Crippen MR) is 121 cm³/mol. The highest BCUT2D eigenvalue weighted by atomic mass is 35.5. The number of sulfonamides is 1. The monoisotopic (exact) mass is 457 g/mol. The molecule has 0 unspecified atom stereocenters. The first-order valence-electron chi connectivity index (χ1n) is 8.87. The number of anilines is 2. The van der Waals surface area contributed by atoms with Crippen molar-refractivity contribution >= 4 is 59.9 Å². The highest BCUT2D eigenvalue weighted by Crippen LogP contribution is 2.29. The van der Waals surface area contributed by atoms with Gasteiger partial charge in [-0.1, -0.05) is 46.7 Å². The second-order valence-corrected chi connectivity index (χ2v) is 9.73. The second-order valence-electron chi connectivity index (χ2n) is 6.58. The highest BCUT2D eigenvalue weighted by Gasteiger charge is 2.16. The summed E-state index contributed by atoms with van der Waals surface area (Å²) in [4.78, 5) is 16.9. The van der Waals surface area contributed by atoms with Crippen LogP contribution in [0.4, 0.5) is 10.8 Å². The van der Waals surface area contributed by atoms with Crippen molar-refractivity contribution in [3.05, 3.63) is 82.9 Å². The molecule has 1 aromatic heterocycles.